The number of carbonyl (C=O) groups is 1. The number of rotatable bonds is 7. The molecule has 0 bridgehead atoms. The van der Waals surface area contributed by atoms with E-state index >= 15 is 0 Å². The molecule has 3 rings (SSSR count). The Balaban J connectivity index is 1.59. The van der Waals surface area contributed by atoms with Crippen LogP contribution in [0.4, 0.5) is 0 Å². The van der Waals surface area contributed by atoms with Crippen molar-refractivity contribution in [3.8, 4) is 0 Å². The molecule has 7 atom stereocenters. The lowest BCUT2D eigenvalue weighted by Gasteiger charge is -2.22. The summed E-state index contributed by atoms with van der Waals surface area (Å²) in [6, 6.07) is 10.2. The Labute approximate surface area is 154 Å². The zero-order valence-electron chi connectivity index (χ0n) is 14.2. The number of hydrogen-bond donors (Lipinski definition) is 1. The molecular formula is C18H25BO4P2. The zero-order chi connectivity index (χ0) is 17.8. The number of aliphatic hydroxyl groups excluding tert-OH is 1. The predicted molar refractivity (Wildman–Crippen MR) is 106 cm³/mol. The van der Waals surface area contributed by atoms with Gasteiger partial charge in [-0.25, -0.2) is 0 Å². The van der Waals surface area contributed by atoms with Crippen molar-refractivity contribution in [3.63, 3.8) is 0 Å². The summed E-state index contributed by atoms with van der Waals surface area (Å²) < 4.78 is 11.4. The quantitative estimate of drug-likeness (QED) is 0.343. The molecule has 1 aliphatic heterocycles. The third-order valence-electron chi connectivity index (χ3n) is 5.01. The number of benzene rings is 1. The first kappa shape index (κ1) is 19.0. The molecule has 0 spiro atoms. The highest BCUT2D eigenvalue weighted by Gasteiger charge is 2.49. The molecule has 1 saturated carbocycles. The van der Waals surface area contributed by atoms with Crippen LogP contribution in [0.1, 0.15) is 24.8 Å². The topological polar surface area (TPSA) is 55.8 Å². The molecule has 1 aliphatic carbocycles. The molecule has 0 aromatic heterocycles. The molecular weight excluding hydrogens is 353 g/mol. The fourth-order valence-electron chi connectivity index (χ4n) is 3.82. The van der Waals surface area contributed by atoms with Gasteiger partial charge in [-0.05, 0) is 18.4 Å². The molecule has 4 nitrogen and oxygen atoms in total. The largest absolute Gasteiger partial charge is 0.462 e. The minimum Gasteiger partial charge on any atom is -0.462 e. The van der Waals surface area contributed by atoms with E-state index in [0.29, 0.717) is 12.8 Å². The zero-order valence-corrected chi connectivity index (χ0v) is 16.5. The van der Waals surface area contributed by atoms with Crippen molar-refractivity contribution < 1.29 is 19.3 Å². The summed E-state index contributed by atoms with van der Waals surface area (Å²) in [5, 5.41) is 10.3. The van der Waals surface area contributed by atoms with Gasteiger partial charge in [0.2, 0.25) is 0 Å². The minimum absolute atomic E-state index is 0.0145. The van der Waals surface area contributed by atoms with E-state index < -0.39 is 6.10 Å². The van der Waals surface area contributed by atoms with Crippen LogP contribution in [0, 0.1) is 11.8 Å². The molecule has 25 heavy (non-hydrogen) atoms. The first-order chi connectivity index (χ1) is 12.0. The van der Waals surface area contributed by atoms with Gasteiger partial charge in [0.05, 0.1) is 18.6 Å². The Morgan fingerprint density at radius 3 is 2.84 bits per heavy atom. The lowest BCUT2D eigenvalue weighted by atomic mass is 9.91. The van der Waals surface area contributed by atoms with Gasteiger partial charge in [-0.2, -0.15) is 0 Å². The molecule has 134 valence electrons. The van der Waals surface area contributed by atoms with Gasteiger partial charge in [0.25, 0.3) is 0 Å². The van der Waals surface area contributed by atoms with Crippen molar-refractivity contribution >= 4 is 30.6 Å². The number of aryl methyl sites for hydroxylation is 1. The van der Waals surface area contributed by atoms with Gasteiger partial charge in [0.1, 0.15) is 6.10 Å². The second kappa shape index (κ2) is 8.78. The molecule has 4 unspecified atom stereocenters. The third kappa shape index (κ3) is 5.14. The second-order valence-electron chi connectivity index (χ2n) is 6.83. The van der Waals surface area contributed by atoms with Crippen molar-refractivity contribution in [1.82, 2.24) is 0 Å². The van der Waals surface area contributed by atoms with E-state index in [1.54, 1.807) is 0 Å². The number of aliphatic hydroxyl groups is 1. The number of esters is 1. The van der Waals surface area contributed by atoms with Crippen LogP contribution in [0.5, 0.6) is 0 Å². The molecule has 1 saturated heterocycles. The number of ether oxygens (including phenoxy) is 1. The Hall–Kier alpha value is -0.725. The van der Waals surface area contributed by atoms with Crippen LogP contribution in [0.15, 0.2) is 42.5 Å². The fourth-order valence-corrected chi connectivity index (χ4v) is 4.23. The van der Waals surface area contributed by atoms with E-state index in [9.17, 15) is 9.90 Å². The summed E-state index contributed by atoms with van der Waals surface area (Å²) in [5.74, 6) is 0.139. The number of fused-ring (bicyclic) bond motifs is 1. The Morgan fingerprint density at radius 2 is 2.12 bits per heavy atom. The maximum atomic E-state index is 11.6. The van der Waals surface area contributed by atoms with E-state index in [1.165, 1.54) is 5.56 Å². The van der Waals surface area contributed by atoms with Gasteiger partial charge in [-0.1, -0.05) is 42.5 Å². The fraction of sp³-hybridized carbons (Fsp3) is 0.500. The van der Waals surface area contributed by atoms with Gasteiger partial charge < -0.3 is 14.5 Å². The first-order valence-corrected chi connectivity index (χ1v) is 10.1. The molecule has 0 radical (unpaired) electrons. The van der Waals surface area contributed by atoms with Crippen molar-refractivity contribution in [1.29, 1.82) is 0 Å². The van der Waals surface area contributed by atoms with E-state index in [2.05, 4.69) is 30.4 Å². The van der Waals surface area contributed by atoms with Gasteiger partial charge in [0.15, 0.2) is 0 Å². The summed E-state index contributed by atoms with van der Waals surface area (Å²) >= 11 is 0. The monoisotopic (exact) mass is 378 g/mol. The summed E-state index contributed by atoms with van der Waals surface area (Å²) in [6.45, 7) is 0. The summed E-state index contributed by atoms with van der Waals surface area (Å²) in [7, 11) is 5.22. The highest BCUT2D eigenvalue weighted by molar-refractivity contribution is 7.92. The van der Waals surface area contributed by atoms with E-state index in [-0.39, 0.29) is 36.4 Å². The summed E-state index contributed by atoms with van der Waals surface area (Å²) in [5.41, 5.74) is 1.22. The lowest BCUT2D eigenvalue weighted by molar-refractivity contribution is -0.141. The normalized spacial score (nSPS) is 29.6. The van der Waals surface area contributed by atoms with Crippen molar-refractivity contribution in [3.05, 3.63) is 48.0 Å². The van der Waals surface area contributed by atoms with Crippen molar-refractivity contribution in [2.45, 2.75) is 44.0 Å². The van der Waals surface area contributed by atoms with Crippen LogP contribution in [-0.2, 0) is 20.6 Å². The van der Waals surface area contributed by atoms with Gasteiger partial charge >= 0.3 is 12.3 Å². The standard InChI is InChI=1S/C18H25BO4P2/c20-13(7-6-12-4-2-1-3-5-12)8-9-14-15-10-18(21)22-16(15)11-17(14)23-19(24)25/h1-5,8-9,13-17,20H,6-7,10-11,24-25H2/t13?,14-,15-,16?,17-/m1/s1. The minimum atomic E-state index is -0.499. The molecule has 1 aromatic rings. The van der Waals surface area contributed by atoms with Crippen LogP contribution in [0.2, 0.25) is 0 Å². The molecule has 1 heterocycles. The SMILES string of the molecule is O=C1C[C@H]2C(C[C@@H](OB(P)P)[C@@H]2C=CC(O)CCc2ccccc2)O1. The predicted octanol–water partition coefficient (Wildman–Crippen LogP) is 2.61. The highest BCUT2D eigenvalue weighted by Crippen LogP contribution is 2.44. The molecule has 1 aromatic carbocycles. The van der Waals surface area contributed by atoms with E-state index in [4.69, 9.17) is 9.39 Å². The Bertz CT molecular complexity index is 610. The Morgan fingerprint density at radius 1 is 1.36 bits per heavy atom. The van der Waals surface area contributed by atoms with Gasteiger partial charge in [0, 0.05) is 18.3 Å². The maximum Gasteiger partial charge on any atom is 0.336 e. The average molecular weight is 378 g/mol. The summed E-state index contributed by atoms with van der Waals surface area (Å²) in [6.07, 6.45) is 6.01. The van der Waals surface area contributed by atoms with E-state index in [0.717, 1.165) is 12.8 Å². The van der Waals surface area contributed by atoms with Crippen molar-refractivity contribution in [2.24, 2.45) is 11.8 Å². The van der Waals surface area contributed by atoms with Gasteiger partial charge in [-0.15, -0.1) is 18.2 Å². The number of carbonyl (C=O) groups excluding carboxylic acids is 1. The van der Waals surface area contributed by atoms with Crippen molar-refractivity contribution in [2.75, 3.05) is 0 Å². The van der Waals surface area contributed by atoms with Crippen LogP contribution < -0.4 is 0 Å². The molecule has 0 amide bonds. The molecule has 7 heteroatoms. The molecule has 1 N–H and O–H groups in total. The number of hydrogen-bond acceptors (Lipinski definition) is 4. The Kier molecular flexibility index (Phi) is 6.69. The highest BCUT2D eigenvalue weighted by atomic mass is 31.1. The second-order valence-corrected chi connectivity index (χ2v) is 8.91. The summed E-state index contributed by atoms with van der Waals surface area (Å²) in [4.78, 5) is 11.6. The average Bonchev–Trinajstić information content (AvgIpc) is 3.07. The van der Waals surface area contributed by atoms with Gasteiger partial charge in [-0.3, -0.25) is 4.79 Å². The lowest BCUT2D eigenvalue weighted by Crippen LogP contribution is -2.24. The maximum absolute atomic E-state index is 11.6. The van der Waals surface area contributed by atoms with Crippen LogP contribution in [0.3, 0.4) is 0 Å². The van der Waals surface area contributed by atoms with Crippen LogP contribution in [0.25, 0.3) is 0 Å². The van der Waals surface area contributed by atoms with Crippen LogP contribution >= 0.6 is 18.2 Å². The molecule has 2 aliphatic rings. The third-order valence-corrected chi connectivity index (χ3v) is 5.32. The smallest absolute Gasteiger partial charge is 0.336 e. The van der Waals surface area contributed by atoms with E-state index in [1.807, 2.05) is 30.4 Å². The van der Waals surface area contributed by atoms with Crippen LogP contribution in [-0.4, -0.2) is 35.7 Å². The molecule has 2 fully saturated rings. The first-order valence-electron chi connectivity index (χ1n) is 8.79.